The molecule has 1 fully saturated rings. The lowest BCUT2D eigenvalue weighted by atomic mass is 10.0. The molecule has 1 aromatic carbocycles. The van der Waals surface area contributed by atoms with Gasteiger partial charge in [0.25, 0.3) is 5.56 Å². The molecular formula is C27H22ClF2N5O3S. The van der Waals surface area contributed by atoms with Gasteiger partial charge in [-0.2, -0.15) is 10.4 Å². The lowest BCUT2D eigenvalue weighted by Gasteiger charge is -2.18. The van der Waals surface area contributed by atoms with E-state index in [4.69, 9.17) is 11.6 Å². The zero-order chi connectivity index (χ0) is 28.4. The quantitative estimate of drug-likeness (QED) is 0.344. The summed E-state index contributed by atoms with van der Waals surface area (Å²) in [6, 6.07) is 7.40. The highest BCUT2D eigenvalue weighted by Crippen LogP contribution is 2.56. The molecule has 12 heteroatoms. The Morgan fingerprint density at radius 3 is 2.51 bits per heavy atom. The normalized spacial score (nSPS) is 16.8. The lowest BCUT2D eigenvalue weighted by molar-refractivity contribution is 0.569. The lowest BCUT2D eigenvalue weighted by Crippen LogP contribution is -2.24. The van der Waals surface area contributed by atoms with Crippen LogP contribution in [0.2, 0.25) is 5.02 Å². The fourth-order valence-corrected chi connectivity index (χ4v) is 6.08. The molecule has 3 aromatic heterocycles. The van der Waals surface area contributed by atoms with E-state index in [0.29, 0.717) is 28.9 Å². The highest BCUT2D eigenvalue weighted by molar-refractivity contribution is 7.90. The number of nitriles is 1. The largest absolute Gasteiger partial charge is 0.277 e. The summed E-state index contributed by atoms with van der Waals surface area (Å²) >= 11 is 6.56. The van der Waals surface area contributed by atoms with Crippen LogP contribution >= 0.6 is 11.6 Å². The molecule has 0 amide bonds. The SMILES string of the molecule is Cc1cnc(-c2cccc(S(C)(=O)=O)c2F)c(F)c1-n1c(C)cc([C@@H]2CC2c2cn(C)nc2C#N)c(Cl)c1=O. The van der Waals surface area contributed by atoms with Gasteiger partial charge in [0, 0.05) is 42.5 Å². The van der Waals surface area contributed by atoms with Crippen LogP contribution in [0.25, 0.3) is 16.9 Å². The molecule has 0 N–H and O–H groups in total. The first kappa shape index (κ1) is 26.7. The van der Waals surface area contributed by atoms with Crippen molar-refractivity contribution in [3.63, 3.8) is 0 Å². The number of hydrogen-bond donors (Lipinski definition) is 0. The number of aryl methyl sites for hydroxylation is 3. The third-order valence-corrected chi connectivity index (χ3v) is 8.43. The number of sulfone groups is 1. The van der Waals surface area contributed by atoms with Gasteiger partial charge in [-0.05, 0) is 61.4 Å². The van der Waals surface area contributed by atoms with Gasteiger partial charge in [0.15, 0.2) is 27.2 Å². The molecule has 4 aromatic rings. The number of benzene rings is 1. The molecule has 0 radical (unpaired) electrons. The van der Waals surface area contributed by atoms with Crippen LogP contribution in [0.3, 0.4) is 0 Å². The number of hydrogen-bond acceptors (Lipinski definition) is 6. The second-order valence-electron chi connectivity index (χ2n) is 9.71. The first-order valence-corrected chi connectivity index (χ1v) is 14.1. The van der Waals surface area contributed by atoms with Crippen LogP contribution in [-0.4, -0.2) is 34.0 Å². The summed E-state index contributed by atoms with van der Waals surface area (Å²) in [5.41, 5.74) is 0.767. The van der Waals surface area contributed by atoms with Gasteiger partial charge in [-0.3, -0.25) is 19.0 Å². The Labute approximate surface area is 228 Å². The molecule has 0 saturated heterocycles. The zero-order valence-electron chi connectivity index (χ0n) is 21.3. The Morgan fingerprint density at radius 2 is 1.85 bits per heavy atom. The molecule has 2 atom stereocenters. The van der Waals surface area contributed by atoms with Gasteiger partial charge in [-0.1, -0.05) is 17.7 Å². The summed E-state index contributed by atoms with van der Waals surface area (Å²) in [6.45, 7) is 3.18. The van der Waals surface area contributed by atoms with Crippen LogP contribution in [0.15, 0.2) is 46.3 Å². The fourth-order valence-electron chi connectivity index (χ4n) is 5.04. The average molecular weight is 570 g/mol. The standard InChI is InChI=1S/C27H22ClF2N5O3S/c1-13-11-32-25(15-6-5-7-21(23(15)29)39(4,37)38)24(30)26(13)35-14(2)8-18(22(28)27(35)36)16-9-17(16)19-12-34(3)33-20(19)10-31/h5-8,11-12,16-17H,9H2,1-4H3/t16-,17?/m1/s1. The summed E-state index contributed by atoms with van der Waals surface area (Å²) < 4.78 is 57.9. The maximum Gasteiger partial charge on any atom is 0.274 e. The van der Waals surface area contributed by atoms with Crippen LogP contribution < -0.4 is 5.56 Å². The van der Waals surface area contributed by atoms with E-state index >= 15 is 8.78 Å². The topological polar surface area (TPSA) is 111 Å². The molecule has 1 aliphatic carbocycles. The van der Waals surface area contributed by atoms with E-state index in [-0.39, 0.29) is 28.1 Å². The summed E-state index contributed by atoms with van der Waals surface area (Å²) in [7, 11) is -2.20. The van der Waals surface area contributed by atoms with Crippen molar-refractivity contribution in [2.45, 2.75) is 37.0 Å². The Hall–Kier alpha value is -3.88. The highest BCUT2D eigenvalue weighted by Gasteiger charge is 2.44. The smallest absolute Gasteiger partial charge is 0.274 e. The molecule has 5 rings (SSSR count). The van der Waals surface area contributed by atoms with Crippen molar-refractivity contribution < 1.29 is 17.2 Å². The zero-order valence-corrected chi connectivity index (χ0v) is 22.9. The van der Waals surface area contributed by atoms with Gasteiger partial charge >= 0.3 is 0 Å². The van der Waals surface area contributed by atoms with E-state index in [0.717, 1.165) is 22.5 Å². The molecule has 0 aliphatic heterocycles. The molecule has 1 aliphatic rings. The van der Waals surface area contributed by atoms with E-state index in [1.54, 1.807) is 37.8 Å². The molecule has 1 unspecified atom stereocenters. The number of rotatable bonds is 5. The van der Waals surface area contributed by atoms with E-state index in [1.165, 1.54) is 18.3 Å². The molecule has 3 heterocycles. The summed E-state index contributed by atoms with van der Waals surface area (Å²) in [6.07, 6.45) is 4.59. The number of nitrogens with zero attached hydrogens (tertiary/aromatic N) is 5. The third-order valence-electron chi connectivity index (χ3n) is 6.93. The van der Waals surface area contributed by atoms with Gasteiger partial charge in [0.05, 0.1) is 5.69 Å². The fraction of sp³-hybridized carbons (Fsp3) is 0.259. The van der Waals surface area contributed by atoms with Crippen LogP contribution in [0.5, 0.6) is 0 Å². The van der Waals surface area contributed by atoms with Crippen molar-refractivity contribution in [2.24, 2.45) is 7.05 Å². The third kappa shape index (κ3) is 4.43. The summed E-state index contributed by atoms with van der Waals surface area (Å²) in [5, 5.41) is 13.5. The van der Waals surface area contributed by atoms with Crippen molar-refractivity contribution >= 4 is 21.4 Å². The molecule has 8 nitrogen and oxygen atoms in total. The number of aromatic nitrogens is 4. The Bertz CT molecular complexity index is 1890. The van der Waals surface area contributed by atoms with Crippen LogP contribution in [0, 0.1) is 36.8 Å². The van der Waals surface area contributed by atoms with Crippen molar-refractivity contribution in [1.29, 1.82) is 5.26 Å². The Balaban J connectivity index is 1.62. The van der Waals surface area contributed by atoms with Crippen molar-refractivity contribution in [3.8, 4) is 23.0 Å². The van der Waals surface area contributed by atoms with Crippen molar-refractivity contribution in [2.75, 3.05) is 6.26 Å². The van der Waals surface area contributed by atoms with Crippen LogP contribution in [0.4, 0.5) is 8.78 Å². The van der Waals surface area contributed by atoms with Gasteiger partial charge in [-0.25, -0.2) is 17.2 Å². The second kappa shape index (κ2) is 9.39. The van der Waals surface area contributed by atoms with Crippen molar-refractivity contribution in [1.82, 2.24) is 19.3 Å². The molecule has 1 saturated carbocycles. The monoisotopic (exact) mass is 569 g/mol. The van der Waals surface area contributed by atoms with E-state index in [2.05, 4.69) is 16.2 Å². The van der Waals surface area contributed by atoms with E-state index in [1.807, 2.05) is 0 Å². The minimum Gasteiger partial charge on any atom is -0.277 e. The highest BCUT2D eigenvalue weighted by atomic mass is 35.5. The predicted octanol–water partition coefficient (Wildman–Crippen LogP) is 4.73. The molecular weight excluding hydrogens is 548 g/mol. The van der Waals surface area contributed by atoms with E-state index < -0.39 is 37.6 Å². The first-order valence-electron chi connectivity index (χ1n) is 11.8. The molecule has 200 valence electrons. The maximum atomic E-state index is 16.0. The van der Waals surface area contributed by atoms with Gasteiger partial charge in [0.2, 0.25) is 0 Å². The maximum absolute atomic E-state index is 16.0. The Kier molecular flexibility index (Phi) is 6.44. The Morgan fingerprint density at radius 1 is 1.15 bits per heavy atom. The number of halogens is 3. The van der Waals surface area contributed by atoms with Gasteiger partial charge in [0.1, 0.15) is 21.7 Å². The van der Waals surface area contributed by atoms with Crippen LogP contribution in [0.1, 0.15) is 46.3 Å². The first-order chi connectivity index (χ1) is 18.3. The second-order valence-corrected chi connectivity index (χ2v) is 12.1. The van der Waals surface area contributed by atoms with E-state index in [9.17, 15) is 18.5 Å². The summed E-state index contributed by atoms with van der Waals surface area (Å²) in [5.74, 6) is -2.27. The molecule has 0 bridgehead atoms. The van der Waals surface area contributed by atoms with Gasteiger partial charge < -0.3 is 0 Å². The predicted molar refractivity (Wildman–Crippen MR) is 141 cm³/mol. The minimum atomic E-state index is -3.92. The molecule has 39 heavy (non-hydrogen) atoms. The minimum absolute atomic E-state index is 0.0309. The van der Waals surface area contributed by atoms with Crippen LogP contribution in [-0.2, 0) is 16.9 Å². The molecule has 0 spiro atoms. The summed E-state index contributed by atoms with van der Waals surface area (Å²) in [4.78, 5) is 17.0. The van der Waals surface area contributed by atoms with Crippen molar-refractivity contribution in [3.05, 3.63) is 91.7 Å². The van der Waals surface area contributed by atoms with Gasteiger partial charge in [-0.15, -0.1) is 0 Å². The average Bonchev–Trinajstić information content (AvgIpc) is 3.56. The number of pyridine rings is 2.